The number of hydrogen-bond acceptors (Lipinski definition) is 8. The lowest BCUT2D eigenvalue weighted by Gasteiger charge is -2.15. The standard InChI is InChI=1S/C10H11N3O8/c1-7-2-3-8(9(6-7)11(14)15)10(21-13(18)19)4-5-20-12(16)17/h2-3,6,10H,4-5H2,1H3. The normalized spacial score (nSPS) is 11.5. The van der Waals surface area contributed by atoms with Crippen LogP contribution in [0.3, 0.4) is 0 Å². The summed E-state index contributed by atoms with van der Waals surface area (Å²) in [6, 6.07) is 4.07. The van der Waals surface area contributed by atoms with Crippen molar-refractivity contribution in [2.24, 2.45) is 0 Å². The van der Waals surface area contributed by atoms with Gasteiger partial charge in [0.2, 0.25) is 0 Å². The van der Waals surface area contributed by atoms with Gasteiger partial charge in [0.25, 0.3) is 15.9 Å². The van der Waals surface area contributed by atoms with Crippen LogP contribution >= 0.6 is 0 Å². The maximum atomic E-state index is 11.0. The summed E-state index contributed by atoms with van der Waals surface area (Å²) in [5.41, 5.74) is 0.184. The Balaban J connectivity index is 3.04. The molecule has 0 aromatic heterocycles. The molecule has 1 unspecified atom stereocenters. The van der Waals surface area contributed by atoms with Crippen molar-refractivity contribution in [3.8, 4) is 0 Å². The highest BCUT2D eigenvalue weighted by Gasteiger charge is 2.25. The third-order valence-corrected chi connectivity index (χ3v) is 2.52. The van der Waals surface area contributed by atoms with Crippen LogP contribution in [-0.2, 0) is 9.68 Å². The fourth-order valence-corrected chi connectivity index (χ4v) is 1.69. The first-order valence-corrected chi connectivity index (χ1v) is 5.64. The Morgan fingerprint density at radius 1 is 1.14 bits per heavy atom. The molecule has 0 amide bonds. The van der Waals surface area contributed by atoms with Gasteiger partial charge in [0.1, 0.15) is 6.10 Å². The molecule has 114 valence electrons. The second-order valence-electron chi connectivity index (χ2n) is 3.98. The summed E-state index contributed by atoms with van der Waals surface area (Å²) in [6.07, 6.45) is -1.62. The van der Waals surface area contributed by atoms with E-state index < -0.39 is 27.8 Å². The van der Waals surface area contributed by atoms with E-state index in [-0.39, 0.29) is 17.7 Å². The Bertz CT molecular complexity index is 561. The number of aryl methyl sites for hydroxylation is 1. The van der Waals surface area contributed by atoms with Crippen molar-refractivity contribution >= 4 is 5.69 Å². The third-order valence-electron chi connectivity index (χ3n) is 2.52. The molecule has 0 radical (unpaired) electrons. The predicted molar refractivity (Wildman–Crippen MR) is 66.2 cm³/mol. The maximum Gasteiger partial charge on any atom is 0.295 e. The van der Waals surface area contributed by atoms with Gasteiger partial charge >= 0.3 is 0 Å². The van der Waals surface area contributed by atoms with E-state index in [1.54, 1.807) is 6.92 Å². The molecule has 1 aromatic rings. The SMILES string of the molecule is Cc1ccc(C(CCO[N+](=O)[O-])O[N+](=O)[O-])c([N+](=O)[O-])c1. The lowest BCUT2D eigenvalue weighted by atomic mass is 10.0. The van der Waals surface area contributed by atoms with Crippen molar-refractivity contribution in [3.63, 3.8) is 0 Å². The van der Waals surface area contributed by atoms with Gasteiger partial charge in [0.05, 0.1) is 17.1 Å². The van der Waals surface area contributed by atoms with E-state index in [2.05, 4.69) is 9.68 Å². The summed E-state index contributed by atoms with van der Waals surface area (Å²) in [6.45, 7) is 1.13. The molecule has 1 aromatic carbocycles. The highest BCUT2D eigenvalue weighted by Crippen LogP contribution is 2.30. The molecule has 0 fully saturated rings. The van der Waals surface area contributed by atoms with Crippen molar-refractivity contribution in [2.45, 2.75) is 19.4 Å². The van der Waals surface area contributed by atoms with Gasteiger partial charge in [-0.15, -0.1) is 20.2 Å². The highest BCUT2D eigenvalue weighted by atomic mass is 17.0. The molecule has 11 heteroatoms. The van der Waals surface area contributed by atoms with Gasteiger partial charge in [-0.25, -0.2) is 0 Å². The zero-order chi connectivity index (χ0) is 16.0. The second-order valence-corrected chi connectivity index (χ2v) is 3.98. The Morgan fingerprint density at radius 3 is 2.33 bits per heavy atom. The quantitative estimate of drug-likeness (QED) is 0.520. The van der Waals surface area contributed by atoms with Gasteiger partial charge in [-0.05, 0) is 18.6 Å². The second kappa shape index (κ2) is 6.98. The average molecular weight is 301 g/mol. The van der Waals surface area contributed by atoms with Crippen LogP contribution in [0.15, 0.2) is 18.2 Å². The summed E-state index contributed by atoms with van der Waals surface area (Å²) in [4.78, 5) is 39.2. The number of nitrogens with zero attached hydrogens (tertiary/aromatic N) is 3. The van der Waals surface area contributed by atoms with E-state index in [1.165, 1.54) is 18.2 Å². The number of nitro benzene ring substituents is 1. The molecule has 11 nitrogen and oxygen atoms in total. The van der Waals surface area contributed by atoms with E-state index >= 15 is 0 Å². The molecule has 0 aliphatic heterocycles. The first kappa shape index (κ1) is 16.1. The molecule has 0 N–H and O–H groups in total. The van der Waals surface area contributed by atoms with Gasteiger partial charge in [-0.1, -0.05) is 6.07 Å². The minimum atomic E-state index is -1.33. The minimum Gasteiger partial charge on any atom is -0.314 e. The maximum absolute atomic E-state index is 11.0. The zero-order valence-electron chi connectivity index (χ0n) is 10.8. The van der Waals surface area contributed by atoms with E-state index in [0.29, 0.717) is 5.56 Å². The fourth-order valence-electron chi connectivity index (χ4n) is 1.69. The molecule has 0 bridgehead atoms. The number of hydrogen-bond donors (Lipinski definition) is 0. The van der Waals surface area contributed by atoms with Crippen LogP contribution in [0.5, 0.6) is 0 Å². The largest absolute Gasteiger partial charge is 0.314 e. The van der Waals surface area contributed by atoms with Gasteiger partial charge in [0.15, 0.2) is 0 Å². The first-order valence-electron chi connectivity index (χ1n) is 5.64. The van der Waals surface area contributed by atoms with E-state index in [0.717, 1.165) is 0 Å². The van der Waals surface area contributed by atoms with Crippen LogP contribution < -0.4 is 0 Å². The van der Waals surface area contributed by atoms with Crippen molar-refractivity contribution in [1.82, 2.24) is 0 Å². The lowest BCUT2D eigenvalue weighted by Crippen LogP contribution is -2.15. The van der Waals surface area contributed by atoms with Gasteiger partial charge < -0.3 is 9.68 Å². The summed E-state index contributed by atoms with van der Waals surface area (Å²) in [7, 11) is 0. The van der Waals surface area contributed by atoms with Crippen molar-refractivity contribution in [2.75, 3.05) is 6.61 Å². The van der Waals surface area contributed by atoms with E-state index in [4.69, 9.17) is 0 Å². The zero-order valence-corrected chi connectivity index (χ0v) is 10.8. The van der Waals surface area contributed by atoms with Crippen LogP contribution in [-0.4, -0.2) is 21.7 Å². The predicted octanol–water partition coefficient (Wildman–Crippen LogP) is 1.75. The Labute approximate surface area is 117 Å². The molecule has 0 saturated carbocycles. The monoisotopic (exact) mass is 301 g/mol. The fraction of sp³-hybridized carbons (Fsp3) is 0.400. The summed E-state index contributed by atoms with van der Waals surface area (Å²) in [5.74, 6) is 0. The van der Waals surface area contributed by atoms with Gasteiger partial charge in [-0.2, -0.15) is 0 Å². The van der Waals surface area contributed by atoms with Crippen LogP contribution in [0.1, 0.15) is 23.7 Å². The number of rotatable bonds is 8. The van der Waals surface area contributed by atoms with Crippen molar-refractivity contribution < 1.29 is 24.8 Å². The number of nitro groups is 1. The van der Waals surface area contributed by atoms with Crippen LogP contribution in [0.25, 0.3) is 0 Å². The molecule has 0 aliphatic rings. The van der Waals surface area contributed by atoms with Crippen LogP contribution in [0, 0.1) is 37.3 Å². The molecule has 21 heavy (non-hydrogen) atoms. The van der Waals surface area contributed by atoms with E-state index in [1.807, 2.05) is 0 Å². The number of benzene rings is 1. The lowest BCUT2D eigenvalue weighted by molar-refractivity contribution is -0.776. The van der Waals surface area contributed by atoms with Crippen molar-refractivity contribution in [3.05, 3.63) is 59.7 Å². The minimum absolute atomic E-state index is 0.0470. The third kappa shape index (κ3) is 4.89. The molecule has 1 atom stereocenters. The molecular weight excluding hydrogens is 290 g/mol. The highest BCUT2D eigenvalue weighted by molar-refractivity contribution is 5.44. The first-order chi connectivity index (χ1) is 9.81. The molecule has 0 aliphatic carbocycles. The average Bonchev–Trinajstić information content (AvgIpc) is 2.36. The molecule has 1 rings (SSSR count). The van der Waals surface area contributed by atoms with Gasteiger partial charge in [0, 0.05) is 12.5 Å². The summed E-state index contributed by atoms with van der Waals surface area (Å²) in [5, 5.41) is 29.3. The molecule has 0 saturated heterocycles. The smallest absolute Gasteiger partial charge is 0.295 e. The Kier molecular flexibility index (Phi) is 5.34. The molecular formula is C10H11N3O8. The van der Waals surface area contributed by atoms with Crippen molar-refractivity contribution in [1.29, 1.82) is 0 Å². The summed E-state index contributed by atoms with van der Waals surface area (Å²) < 4.78 is 0. The Hall–Kier alpha value is -2.98. The van der Waals surface area contributed by atoms with Gasteiger partial charge in [-0.3, -0.25) is 10.1 Å². The Morgan fingerprint density at radius 2 is 1.81 bits per heavy atom. The topological polar surface area (TPSA) is 148 Å². The molecule has 0 spiro atoms. The van der Waals surface area contributed by atoms with Crippen LogP contribution in [0.4, 0.5) is 5.69 Å². The summed E-state index contributed by atoms with van der Waals surface area (Å²) >= 11 is 0. The van der Waals surface area contributed by atoms with E-state index in [9.17, 15) is 30.3 Å². The molecule has 0 heterocycles. The van der Waals surface area contributed by atoms with Crippen LogP contribution in [0.2, 0.25) is 0 Å².